The van der Waals surface area contributed by atoms with Crippen LogP contribution in [0.3, 0.4) is 0 Å². The average molecular weight is 161 g/mol. The molecule has 0 aliphatic carbocycles. The number of nitrogens with one attached hydrogen (secondary N) is 2. The van der Waals surface area contributed by atoms with Gasteiger partial charge in [-0.05, 0) is 0 Å². The standard InChI is InChI=1S/C6H9F2N3/c7-6(8)3-11-2-4(1-9)5(6)10/h1,9,11H,2-3,10H2. The number of hydrogen-bond donors (Lipinski definition) is 3. The van der Waals surface area contributed by atoms with Crippen LogP contribution in [-0.4, -0.2) is 25.2 Å². The van der Waals surface area contributed by atoms with Gasteiger partial charge in [0.25, 0.3) is 5.92 Å². The first-order valence-electron chi connectivity index (χ1n) is 3.16. The molecule has 0 fully saturated rings. The first-order chi connectivity index (χ1) is 5.08. The summed E-state index contributed by atoms with van der Waals surface area (Å²) in [7, 11) is 0. The lowest BCUT2D eigenvalue weighted by Gasteiger charge is -2.24. The Morgan fingerprint density at radius 1 is 1.64 bits per heavy atom. The van der Waals surface area contributed by atoms with E-state index in [9.17, 15) is 8.78 Å². The first-order valence-corrected chi connectivity index (χ1v) is 3.16. The maximum atomic E-state index is 12.7. The molecule has 1 aliphatic heterocycles. The second-order valence-corrected chi connectivity index (χ2v) is 2.39. The van der Waals surface area contributed by atoms with Crippen LogP contribution >= 0.6 is 0 Å². The lowest BCUT2D eigenvalue weighted by Crippen LogP contribution is -2.44. The van der Waals surface area contributed by atoms with E-state index in [0.717, 1.165) is 6.21 Å². The summed E-state index contributed by atoms with van der Waals surface area (Å²) in [5, 5.41) is 9.24. The van der Waals surface area contributed by atoms with Gasteiger partial charge in [-0.3, -0.25) is 0 Å². The molecule has 0 bridgehead atoms. The normalized spacial score (nSPS) is 23.5. The molecule has 0 aromatic heterocycles. The summed E-state index contributed by atoms with van der Waals surface area (Å²) in [6, 6.07) is 0. The molecule has 62 valence electrons. The van der Waals surface area contributed by atoms with Crippen molar-refractivity contribution in [1.29, 1.82) is 5.41 Å². The van der Waals surface area contributed by atoms with Gasteiger partial charge in [0, 0.05) is 18.3 Å². The van der Waals surface area contributed by atoms with Gasteiger partial charge < -0.3 is 16.5 Å². The van der Waals surface area contributed by atoms with Crippen LogP contribution in [0.1, 0.15) is 0 Å². The predicted molar refractivity (Wildman–Crippen MR) is 37.8 cm³/mol. The molecule has 0 unspecified atom stereocenters. The van der Waals surface area contributed by atoms with Gasteiger partial charge in [-0.1, -0.05) is 0 Å². The largest absolute Gasteiger partial charge is 0.397 e. The van der Waals surface area contributed by atoms with Crippen LogP contribution < -0.4 is 11.1 Å². The summed E-state index contributed by atoms with van der Waals surface area (Å²) in [6.45, 7) is -0.179. The van der Waals surface area contributed by atoms with E-state index in [2.05, 4.69) is 5.32 Å². The monoisotopic (exact) mass is 161 g/mol. The Balaban J connectivity index is 2.98. The van der Waals surface area contributed by atoms with Gasteiger partial charge in [-0.2, -0.15) is 8.78 Å². The van der Waals surface area contributed by atoms with Crippen LogP contribution in [0, 0.1) is 5.41 Å². The lowest BCUT2D eigenvalue weighted by molar-refractivity contribution is 0.0352. The molecule has 0 radical (unpaired) electrons. The fourth-order valence-corrected chi connectivity index (χ4v) is 0.908. The van der Waals surface area contributed by atoms with Crippen molar-refractivity contribution in [2.24, 2.45) is 5.73 Å². The summed E-state index contributed by atoms with van der Waals surface area (Å²) < 4.78 is 25.4. The van der Waals surface area contributed by atoms with Crippen LogP contribution in [0.4, 0.5) is 8.78 Å². The number of alkyl halides is 2. The van der Waals surface area contributed by atoms with Crippen molar-refractivity contribution in [3.8, 4) is 0 Å². The van der Waals surface area contributed by atoms with Gasteiger partial charge in [0.2, 0.25) is 0 Å². The maximum Gasteiger partial charge on any atom is 0.299 e. The molecule has 0 saturated carbocycles. The number of nitrogens with two attached hydrogens (primary N) is 1. The second-order valence-electron chi connectivity index (χ2n) is 2.39. The minimum Gasteiger partial charge on any atom is -0.397 e. The number of hydrogen-bond acceptors (Lipinski definition) is 3. The second kappa shape index (κ2) is 2.58. The van der Waals surface area contributed by atoms with Crippen molar-refractivity contribution in [3.05, 3.63) is 11.3 Å². The van der Waals surface area contributed by atoms with Crippen molar-refractivity contribution in [2.45, 2.75) is 5.92 Å². The molecule has 1 heterocycles. The van der Waals surface area contributed by atoms with Crippen molar-refractivity contribution in [3.63, 3.8) is 0 Å². The van der Waals surface area contributed by atoms with Crippen molar-refractivity contribution in [1.82, 2.24) is 5.32 Å². The fraction of sp³-hybridized carbons (Fsp3) is 0.500. The molecule has 0 saturated heterocycles. The average Bonchev–Trinajstić information content (AvgIpc) is 1.95. The molecular formula is C6H9F2N3. The Bertz CT molecular complexity index is 210. The molecule has 0 spiro atoms. The van der Waals surface area contributed by atoms with E-state index >= 15 is 0 Å². The Kier molecular flexibility index (Phi) is 1.90. The van der Waals surface area contributed by atoms with E-state index in [-0.39, 0.29) is 12.1 Å². The quantitative estimate of drug-likeness (QED) is 0.477. The van der Waals surface area contributed by atoms with E-state index in [1.807, 2.05) is 0 Å². The summed E-state index contributed by atoms with van der Waals surface area (Å²) in [5.74, 6) is -2.99. The van der Waals surface area contributed by atoms with Gasteiger partial charge >= 0.3 is 0 Å². The molecule has 0 atom stereocenters. The Morgan fingerprint density at radius 3 is 2.73 bits per heavy atom. The van der Waals surface area contributed by atoms with Crippen LogP contribution in [-0.2, 0) is 0 Å². The van der Waals surface area contributed by atoms with Gasteiger partial charge in [0.15, 0.2) is 0 Å². The maximum absolute atomic E-state index is 12.7. The summed E-state index contributed by atoms with van der Waals surface area (Å²) >= 11 is 0. The molecule has 5 heteroatoms. The van der Waals surface area contributed by atoms with E-state index in [4.69, 9.17) is 11.1 Å². The zero-order chi connectivity index (χ0) is 8.48. The van der Waals surface area contributed by atoms with E-state index in [0.29, 0.717) is 0 Å². The van der Waals surface area contributed by atoms with Gasteiger partial charge in [0.1, 0.15) is 0 Å². The fourth-order valence-electron chi connectivity index (χ4n) is 0.908. The van der Waals surface area contributed by atoms with Gasteiger partial charge in [-0.25, -0.2) is 0 Å². The van der Waals surface area contributed by atoms with Crippen LogP contribution in [0.25, 0.3) is 0 Å². The SMILES string of the molecule is N=CC1=C(N)C(F)(F)CNC1. The highest BCUT2D eigenvalue weighted by Gasteiger charge is 2.36. The third kappa shape index (κ3) is 1.37. The summed E-state index contributed by atoms with van der Waals surface area (Å²) in [5.41, 5.74) is 4.79. The Morgan fingerprint density at radius 2 is 2.27 bits per heavy atom. The van der Waals surface area contributed by atoms with Crippen molar-refractivity contribution >= 4 is 6.21 Å². The molecule has 11 heavy (non-hydrogen) atoms. The molecule has 1 aliphatic rings. The summed E-state index contributed by atoms with van der Waals surface area (Å²) in [4.78, 5) is 0. The highest BCUT2D eigenvalue weighted by molar-refractivity contribution is 5.78. The number of halogens is 2. The molecule has 1 rings (SSSR count). The highest BCUT2D eigenvalue weighted by Crippen LogP contribution is 2.23. The predicted octanol–water partition coefficient (Wildman–Crippen LogP) is 0.0873. The minimum atomic E-state index is -2.99. The zero-order valence-electron chi connectivity index (χ0n) is 5.82. The molecule has 4 N–H and O–H groups in total. The van der Waals surface area contributed by atoms with Gasteiger partial charge in [-0.15, -0.1) is 0 Å². The lowest BCUT2D eigenvalue weighted by atomic mass is 10.1. The van der Waals surface area contributed by atoms with E-state index < -0.39 is 18.2 Å². The van der Waals surface area contributed by atoms with Gasteiger partial charge in [0.05, 0.1) is 12.2 Å². The topological polar surface area (TPSA) is 61.9 Å². The zero-order valence-corrected chi connectivity index (χ0v) is 5.82. The third-order valence-corrected chi connectivity index (χ3v) is 1.58. The van der Waals surface area contributed by atoms with Crippen LogP contribution in [0.2, 0.25) is 0 Å². The molecule has 3 nitrogen and oxygen atoms in total. The Labute approximate surface area is 62.8 Å². The highest BCUT2D eigenvalue weighted by atomic mass is 19.3. The van der Waals surface area contributed by atoms with E-state index in [1.165, 1.54) is 0 Å². The molecule has 0 aromatic carbocycles. The van der Waals surface area contributed by atoms with Crippen molar-refractivity contribution < 1.29 is 8.78 Å². The van der Waals surface area contributed by atoms with Crippen molar-refractivity contribution in [2.75, 3.05) is 13.1 Å². The molecular weight excluding hydrogens is 152 g/mol. The molecule has 0 amide bonds. The third-order valence-electron chi connectivity index (χ3n) is 1.58. The van der Waals surface area contributed by atoms with Crippen LogP contribution in [0.5, 0.6) is 0 Å². The minimum absolute atomic E-state index is 0.168. The molecule has 0 aromatic rings. The van der Waals surface area contributed by atoms with Crippen LogP contribution in [0.15, 0.2) is 11.3 Å². The smallest absolute Gasteiger partial charge is 0.299 e. The summed E-state index contributed by atoms with van der Waals surface area (Å²) in [6.07, 6.45) is 0.857. The Hall–Kier alpha value is -0.970. The van der Waals surface area contributed by atoms with E-state index in [1.54, 1.807) is 0 Å². The number of rotatable bonds is 1. The first kappa shape index (κ1) is 8.13.